The Hall–Kier alpha value is -2.54. The SMILES string of the molecule is CCNC(=O)[C@H](C)N(Cc1cccc(OC)c1)C(=O)COc1ccc(C(C)(C)C)cc1Br. The largest absolute Gasteiger partial charge is 0.497 e. The van der Waals surface area contributed by atoms with Crippen LogP contribution < -0.4 is 14.8 Å². The summed E-state index contributed by atoms with van der Waals surface area (Å²) in [6, 6.07) is 12.7. The summed E-state index contributed by atoms with van der Waals surface area (Å²) < 4.78 is 11.9. The molecule has 0 aliphatic rings. The normalized spacial score (nSPS) is 12.1. The lowest BCUT2D eigenvalue weighted by atomic mass is 9.87. The Labute approximate surface area is 199 Å². The van der Waals surface area contributed by atoms with Crippen molar-refractivity contribution < 1.29 is 19.1 Å². The number of hydrogen-bond acceptors (Lipinski definition) is 4. The van der Waals surface area contributed by atoms with Gasteiger partial charge in [-0.25, -0.2) is 0 Å². The second-order valence-electron chi connectivity index (χ2n) is 8.63. The Bertz CT molecular complexity index is 940. The van der Waals surface area contributed by atoms with Crippen molar-refractivity contribution in [2.24, 2.45) is 0 Å². The summed E-state index contributed by atoms with van der Waals surface area (Å²) in [5.41, 5.74) is 2.03. The molecule has 0 bridgehead atoms. The monoisotopic (exact) mass is 504 g/mol. The van der Waals surface area contributed by atoms with Crippen molar-refractivity contribution in [1.82, 2.24) is 10.2 Å². The molecule has 2 aromatic rings. The van der Waals surface area contributed by atoms with Crippen molar-refractivity contribution in [1.29, 1.82) is 0 Å². The zero-order valence-electron chi connectivity index (χ0n) is 19.7. The Balaban J connectivity index is 2.19. The van der Waals surface area contributed by atoms with Crippen molar-refractivity contribution in [3.05, 3.63) is 58.1 Å². The number of carbonyl (C=O) groups excluding carboxylic acids is 2. The van der Waals surface area contributed by atoms with E-state index >= 15 is 0 Å². The van der Waals surface area contributed by atoms with Gasteiger partial charge in [-0.15, -0.1) is 0 Å². The number of nitrogens with one attached hydrogen (secondary N) is 1. The number of likely N-dealkylation sites (N-methyl/N-ethyl adjacent to an activating group) is 1. The maximum atomic E-state index is 13.1. The second kappa shape index (κ2) is 11.4. The van der Waals surface area contributed by atoms with E-state index in [1.807, 2.05) is 49.4 Å². The van der Waals surface area contributed by atoms with Crippen LogP contribution in [-0.2, 0) is 21.5 Å². The molecule has 0 saturated carbocycles. The number of carbonyl (C=O) groups is 2. The first-order valence-corrected chi connectivity index (χ1v) is 11.5. The molecule has 0 spiro atoms. The van der Waals surface area contributed by atoms with Gasteiger partial charge in [-0.2, -0.15) is 0 Å². The fourth-order valence-electron chi connectivity index (χ4n) is 3.18. The number of methoxy groups -OCH3 is 1. The van der Waals surface area contributed by atoms with Gasteiger partial charge in [-0.05, 0) is 70.6 Å². The van der Waals surface area contributed by atoms with E-state index in [2.05, 4.69) is 42.0 Å². The highest BCUT2D eigenvalue weighted by atomic mass is 79.9. The van der Waals surface area contributed by atoms with Crippen LogP contribution in [0.1, 0.15) is 45.7 Å². The number of halogens is 1. The Morgan fingerprint density at radius 3 is 2.47 bits per heavy atom. The number of nitrogens with zero attached hydrogens (tertiary/aromatic N) is 1. The summed E-state index contributed by atoms with van der Waals surface area (Å²) in [5.74, 6) is 0.788. The summed E-state index contributed by atoms with van der Waals surface area (Å²) in [5, 5.41) is 2.79. The van der Waals surface area contributed by atoms with Crippen LogP contribution in [0.5, 0.6) is 11.5 Å². The maximum Gasteiger partial charge on any atom is 0.261 e. The highest BCUT2D eigenvalue weighted by Crippen LogP contribution is 2.31. The molecular formula is C25H33BrN2O4. The summed E-state index contributed by atoms with van der Waals surface area (Å²) in [6.45, 7) is 10.6. The van der Waals surface area contributed by atoms with Crippen LogP contribution in [0.4, 0.5) is 0 Å². The van der Waals surface area contributed by atoms with E-state index in [1.165, 1.54) is 4.90 Å². The van der Waals surface area contributed by atoms with Crippen LogP contribution >= 0.6 is 15.9 Å². The molecule has 0 unspecified atom stereocenters. The third-order valence-corrected chi connectivity index (χ3v) is 5.77. The number of ether oxygens (including phenoxy) is 2. The zero-order chi connectivity index (χ0) is 23.9. The lowest BCUT2D eigenvalue weighted by molar-refractivity contribution is -0.142. The quantitative estimate of drug-likeness (QED) is 0.537. The minimum absolute atomic E-state index is 0.00643. The average Bonchev–Trinajstić information content (AvgIpc) is 2.75. The van der Waals surface area contributed by atoms with Crippen molar-refractivity contribution in [3.8, 4) is 11.5 Å². The maximum absolute atomic E-state index is 13.1. The van der Waals surface area contributed by atoms with Crippen LogP contribution in [0.25, 0.3) is 0 Å². The smallest absolute Gasteiger partial charge is 0.261 e. The van der Waals surface area contributed by atoms with E-state index in [4.69, 9.17) is 9.47 Å². The van der Waals surface area contributed by atoms with Crippen molar-refractivity contribution in [2.45, 2.75) is 52.6 Å². The lowest BCUT2D eigenvalue weighted by Crippen LogP contribution is -2.49. The van der Waals surface area contributed by atoms with Gasteiger partial charge in [0.25, 0.3) is 5.91 Å². The van der Waals surface area contributed by atoms with Crippen molar-refractivity contribution in [2.75, 3.05) is 20.3 Å². The minimum Gasteiger partial charge on any atom is -0.497 e. The molecule has 6 nitrogen and oxygen atoms in total. The highest BCUT2D eigenvalue weighted by Gasteiger charge is 2.26. The average molecular weight is 505 g/mol. The van der Waals surface area contributed by atoms with Crippen LogP contribution in [-0.4, -0.2) is 43.0 Å². The van der Waals surface area contributed by atoms with E-state index in [0.29, 0.717) is 18.0 Å². The molecule has 0 radical (unpaired) electrons. The van der Waals surface area contributed by atoms with E-state index in [9.17, 15) is 9.59 Å². The first-order valence-electron chi connectivity index (χ1n) is 10.7. The van der Waals surface area contributed by atoms with Crippen LogP contribution in [0, 0.1) is 0 Å². The van der Waals surface area contributed by atoms with Gasteiger partial charge in [0, 0.05) is 13.1 Å². The number of rotatable bonds is 9. The molecule has 2 rings (SSSR count). The molecule has 0 aliphatic heterocycles. The van der Waals surface area contributed by atoms with Gasteiger partial charge in [-0.3, -0.25) is 9.59 Å². The molecule has 174 valence electrons. The molecule has 2 amide bonds. The first-order chi connectivity index (χ1) is 15.1. The van der Waals surface area contributed by atoms with Gasteiger partial charge >= 0.3 is 0 Å². The zero-order valence-corrected chi connectivity index (χ0v) is 21.3. The number of hydrogen-bond donors (Lipinski definition) is 1. The van der Waals surface area contributed by atoms with E-state index in [0.717, 1.165) is 15.6 Å². The predicted molar refractivity (Wildman–Crippen MR) is 130 cm³/mol. The highest BCUT2D eigenvalue weighted by molar-refractivity contribution is 9.10. The molecule has 0 heterocycles. The van der Waals surface area contributed by atoms with Crippen molar-refractivity contribution in [3.63, 3.8) is 0 Å². The Morgan fingerprint density at radius 1 is 1.16 bits per heavy atom. The lowest BCUT2D eigenvalue weighted by Gasteiger charge is -2.29. The van der Waals surface area contributed by atoms with E-state index in [-0.39, 0.29) is 30.4 Å². The van der Waals surface area contributed by atoms with E-state index in [1.54, 1.807) is 14.0 Å². The number of benzene rings is 2. The fraction of sp³-hybridized carbons (Fsp3) is 0.440. The minimum atomic E-state index is -0.649. The van der Waals surface area contributed by atoms with Crippen LogP contribution in [0.15, 0.2) is 46.9 Å². The summed E-state index contributed by atoms with van der Waals surface area (Å²) in [4.78, 5) is 27.1. The molecule has 0 aromatic heterocycles. The Kier molecular flexibility index (Phi) is 9.13. The summed E-state index contributed by atoms with van der Waals surface area (Å²) in [6.07, 6.45) is 0. The second-order valence-corrected chi connectivity index (χ2v) is 9.48. The van der Waals surface area contributed by atoms with Crippen molar-refractivity contribution >= 4 is 27.7 Å². The third-order valence-electron chi connectivity index (χ3n) is 5.15. The molecule has 32 heavy (non-hydrogen) atoms. The first kappa shape index (κ1) is 25.7. The van der Waals surface area contributed by atoms with Gasteiger partial charge in [0.1, 0.15) is 17.5 Å². The van der Waals surface area contributed by atoms with Gasteiger partial charge in [0.2, 0.25) is 5.91 Å². The van der Waals surface area contributed by atoms with Gasteiger partial charge in [-0.1, -0.05) is 39.0 Å². The molecule has 1 N–H and O–H groups in total. The molecule has 1 atom stereocenters. The Morgan fingerprint density at radius 2 is 1.88 bits per heavy atom. The van der Waals surface area contributed by atoms with Gasteiger partial charge in [0.15, 0.2) is 6.61 Å². The predicted octanol–water partition coefficient (Wildman–Crippen LogP) is 4.69. The summed E-state index contributed by atoms with van der Waals surface area (Å²) in [7, 11) is 1.59. The van der Waals surface area contributed by atoms with Gasteiger partial charge < -0.3 is 19.7 Å². The van der Waals surface area contributed by atoms with Gasteiger partial charge in [0.05, 0.1) is 11.6 Å². The molecule has 0 aliphatic carbocycles. The molecule has 7 heteroatoms. The topological polar surface area (TPSA) is 67.9 Å². The number of amides is 2. The van der Waals surface area contributed by atoms with Crippen LogP contribution in [0.3, 0.4) is 0 Å². The third kappa shape index (κ3) is 6.99. The fourth-order valence-corrected chi connectivity index (χ4v) is 3.67. The molecular weight excluding hydrogens is 472 g/mol. The summed E-state index contributed by atoms with van der Waals surface area (Å²) >= 11 is 3.54. The van der Waals surface area contributed by atoms with E-state index < -0.39 is 6.04 Å². The molecule has 0 saturated heterocycles. The standard InChI is InChI=1S/C25H33BrN2O4/c1-7-27-24(30)17(2)28(15-18-9-8-10-20(13-18)31-6)23(29)16-32-22-12-11-19(14-21(22)26)25(3,4)5/h8-14,17H,7,15-16H2,1-6H3,(H,27,30)/t17-/m0/s1. The molecule has 0 fully saturated rings. The molecule has 2 aromatic carbocycles. The van der Waals surface area contributed by atoms with Crippen LogP contribution in [0.2, 0.25) is 0 Å².